The van der Waals surface area contributed by atoms with E-state index in [-0.39, 0.29) is 18.4 Å². The highest BCUT2D eigenvalue weighted by Gasteiger charge is 2.31. The molecule has 0 unspecified atom stereocenters. The number of methoxy groups -OCH3 is 1. The van der Waals surface area contributed by atoms with Crippen molar-refractivity contribution in [3.8, 4) is 5.75 Å². The molecule has 5 heterocycles. The summed E-state index contributed by atoms with van der Waals surface area (Å²) in [5.41, 5.74) is 3.80. The van der Waals surface area contributed by atoms with Gasteiger partial charge in [-0.1, -0.05) is 0 Å². The van der Waals surface area contributed by atoms with E-state index in [1.54, 1.807) is 35.1 Å². The number of ether oxygens (including phenoxy) is 1. The number of piperazine rings is 1. The minimum Gasteiger partial charge on any atom is -0.493 e. The zero-order chi connectivity index (χ0) is 20.7. The molecular weight excluding hydrogens is 418 g/mol. The second kappa shape index (κ2) is 8.60. The van der Waals surface area contributed by atoms with Crippen molar-refractivity contribution >= 4 is 41.1 Å². The number of fused-ring (bicyclic) bond motifs is 2. The highest BCUT2D eigenvalue weighted by molar-refractivity contribution is 6.04. The fourth-order valence-corrected chi connectivity index (χ4v) is 4.31. The Morgan fingerprint density at radius 3 is 2.97 bits per heavy atom. The van der Waals surface area contributed by atoms with Crippen molar-refractivity contribution in [1.29, 1.82) is 0 Å². The number of urea groups is 1. The Morgan fingerprint density at radius 1 is 1.29 bits per heavy atom. The molecule has 2 N–H and O–H groups in total. The monoisotopic (exact) mass is 443 g/mol. The topological polar surface area (TPSA) is 87.0 Å². The van der Waals surface area contributed by atoms with Crippen molar-refractivity contribution in [2.45, 2.75) is 19.4 Å². The normalized spacial score (nSPS) is 17.9. The van der Waals surface area contributed by atoms with Gasteiger partial charge >= 0.3 is 6.03 Å². The molecule has 5 rings (SSSR count). The van der Waals surface area contributed by atoms with E-state index < -0.39 is 0 Å². The molecule has 2 aliphatic heterocycles. The Kier molecular flexibility index (Phi) is 5.88. The summed E-state index contributed by atoms with van der Waals surface area (Å²) in [6.07, 6.45) is 6.05. The molecule has 0 saturated carbocycles. The molecule has 0 aliphatic carbocycles. The van der Waals surface area contributed by atoms with E-state index in [1.165, 1.54) is 5.69 Å². The second-order valence-corrected chi connectivity index (χ2v) is 7.72. The molecule has 1 atom stereocenters. The number of rotatable bonds is 3. The summed E-state index contributed by atoms with van der Waals surface area (Å²) >= 11 is 0. The van der Waals surface area contributed by atoms with E-state index in [1.807, 2.05) is 12.1 Å². The van der Waals surface area contributed by atoms with Crippen LogP contribution in [0.1, 0.15) is 12.5 Å². The van der Waals surface area contributed by atoms with Gasteiger partial charge in [0.1, 0.15) is 5.82 Å². The standard InChI is InChI=1S/C21H25N7O2.ClH/c1-14-12-26(10-8-22-14)18-4-6-23-20-16(18)5-9-27(20)21(29)25-17-11-15-3-7-24-28(15)13-19(17)30-2;/h3-4,6-7,11,13-14,22H,5,8-10,12H2,1-2H3,(H,25,29);1H/t14-;/m0./s1. The van der Waals surface area contributed by atoms with Crippen LogP contribution in [0.2, 0.25) is 0 Å². The predicted octanol–water partition coefficient (Wildman–Crippen LogP) is 2.55. The Hall–Kier alpha value is -3.04. The minimum absolute atomic E-state index is 0. The third-order valence-electron chi connectivity index (χ3n) is 5.76. The maximum atomic E-state index is 13.1. The first-order valence-corrected chi connectivity index (χ1v) is 10.2. The van der Waals surface area contributed by atoms with Gasteiger partial charge in [-0.05, 0) is 31.5 Å². The number of nitrogens with zero attached hydrogens (tertiary/aromatic N) is 5. The lowest BCUT2D eigenvalue weighted by molar-refractivity contribution is 0.257. The second-order valence-electron chi connectivity index (χ2n) is 7.72. The van der Waals surface area contributed by atoms with Gasteiger partial charge in [0.15, 0.2) is 5.75 Å². The van der Waals surface area contributed by atoms with Gasteiger partial charge in [0.2, 0.25) is 0 Å². The number of pyridine rings is 2. The van der Waals surface area contributed by atoms with Gasteiger partial charge in [0, 0.05) is 55.9 Å². The van der Waals surface area contributed by atoms with Crippen molar-refractivity contribution in [3.05, 3.63) is 42.4 Å². The molecule has 31 heavy (non-hydrogen) atoms. The van der Waals surface area contributed by atoms with E-state index in [9.17, 15) is 4.79 Å². The molecule has 3 aromatic heterocycles. The van der Waals surface area contributed by atoms with Crippen molar-refractivity contribution in [2.24, 2.45) is 0 Å². The number of anilines is 3. The number of amides is 2. The van der Waals surface area contributed by atoms with Crippen LogP contribution >= 0.6 is 12.4 Å². The summed E-state index contributed by atoms with van der Waals surface area (Å²) in [7, 11) is 1.58. The number of carbonyl (C=O) groups excluding carboxylic acids is 1. The zero-order valence-corrected chi connectivity index (χ0v) is 18.4. The van der Waals surface area contributed by atoms with Crippen LogP contribution in [0.5, 0.6) is 5.75 Å². The van der Waals surface area contributed by atoms with Crippen molar-refractivity contribution in [1.82, 2.24) is 19.9 Å². The van der Waals surface area contributed by atoms with Gasteiger partial charge in [-0.15, -0.1) is 12.4 Å². The summed E-state index contributed by atoms with van der Waals surface area (Å²) < 4.78 is 7.15. The van der Waals surface area contributed by atoms with Gasteiger partial charge in [-0.25, -0.2) is 14.3 Å². The van der Waals surface area contributed by atoms with Gasteiger partial charge in [0.25, 0.3) is 0 Å². The molecule has 164 valence electrons. The Balaban J connectivity index is 0.00000231. The number of carbonyl (C=O) groups is 1. The molecule has 9 nitrogen and oxygen atoms in total. The summed E-state index contributed by atoms with van der Waals surface area (Å²) in [6.45, 7) is 5.66. The Morgan fingerprint density at radius 2 is 2.16 bits per heavy atom. The summed E-state index contributed by atoms with van der Waals surface area (Å²) in [6, 6.07) is 6.02. The molecule has 1 saturated heterocycles. The van der Waals surface area contributed by atoms with Gasteiger partial charge in [0.05, 0.1) is 24.5 Å². The number of aromatic nitrogens is 3. The van der Waals surface area contributed by atoms with Crippen LogP contribution in [0.3, 0.4) is 0 Å². The quantitative estimate of drug-likeness (QED) is 0.647. The highest BCUT2D eigenvalue weighted by Crippen LogP contribution is 2.35. The molecule has 2 aliphatic rings. The van der Waals surface area contributed by atoms with E-state index >= 15 is 0 Å². The van der Waals surface area contributed by atoms with Crippen LogP contribution < -0.4 is 25.2 Å². The molecule has 0 spiro atoms. The predicted molar refractivity (Wildman–Crippen MR) is 123 cm³/mol. The number of hydrogen-bond acceptors (Lipinski definition) is 6. The molecule has 2 amide bonds. The molecule has 10 heteroatoms. The average Bonchev–Trinajstić information content (AvgIpc) is 3.39. The van der Waals surface area contributed by atoms with E-state index in [0.717, 1.165) is 43.0 Å². The molecule has 0 aromatic carbocycles. The smallest absolute Gasteiger partial charge is 0.327 e. The zero-order valence-electron chi connectivity index (χ0n) is 17.5. The van der Waals surface area contributed by atoms with Crippen LogP contribution in [0.15, 0.2) is 36.8 Å². The van der Waals surface area contributed by atoms with E-state index in [4.69, 9.17) is 4.74 Å². The maximum Gasteiger partial charge on any atom is 0.327 e. The Bertz CT molecular complexity index is 1100. The molecule has 1 fully saturated rings. The lowest BCUT2D eigenvalue weighted by Gasteiger charge is -2.34. The van der Waals surface area contributed by atoms with Crippen LogP contribution in [-0.2, 0) is 6.42 Å². The maximum absolute atomic E-state index is 13.1. The van der Waals surface area contributed by atoms with Crippen molar-refractivity contribution in [3.63, 3.8) is 0 Å². The van der Waals surface area contributed by atoms with E-state index in [0.29, 0.717) is 24.0 Å². The average molecular weight is 444 g/mol. The van der Waals surface area contributed by atoms with Crippen LogP contribution in [-0.4, -0.2) is 60.0 Å². The largest absolute Gasteiger partial charge is 0.493 e. The summed E-state index contributed by atoms with van der Waals surface area (Å²) in [5, 5.41) is 10.7. The van der Waals surface area contributed by atoms with Gasteiger partial charge < -0.3 is 20.3 Å². The number of nitrogens with one attached hydrogen (secondary N) is 2. The molecule has 0 bridgehead atoms. The van der Waals surface area contributed by atoms with E-state index in [2.05, 4.69) is 38.6 Å². The van der Waals surface area contributed by atoms with Crippen LogP contribution in [0.4, 0.5) is 22.0 Å². The third-order valence-corrected chi connectivity index (χ3v) is 5.76. The molecular formula is C21H26ClN7O2. The number of hydrogen-bond donors (Lipinski definition) is 2. The first-order chi connectivity index (χ1) is 14.6. The van der Waals surface area contributed by atoms with Crippen LogP contribution in [0, 0.1) is 0 Å². The fourth-order valence-electron chi connectivity index (χ4n) is 4.31. The SMILES string of the molecule is COc1cn2nccc2cc1NC(=O)N1CCc2c(N3CCN[C@@H](C)C3)ccnc21.Cl. The summed E-state index contributed by atoms with van der Waals surface area (Å²) in [5.74, 6) is 1.29. The lowest BCUT2D eigenvalue weighted by atomic mass is 10.1. The van der Waals surface area contributed by atoms with Gasteiger partial charge in [-0.2, -0.15) is 5.10 Å². The van der Waals surface area contributed by atoms with Crippen LogP contribution in [0.25, 0.3) is 5.52 Å². The molecule has 0 radical (unpaired) electrons. The highest BCUT2D eigenvalue weighted by atomic mass is 35.5. The summed E-state index contributed by atoms with van der Waals surface area (Å²) in [4.78, 5) is 21.8. The Labute approximate surface area is 186 Å². The third kappa shape index (κ3) is 3.86. The van der Waals surface area contributed by atoms with Crippen molar-refractivity contribution in [2.75, 3.05) is 48.4 Å². The first kappa shape index (κ1) is 21.2. The van der Waals surface area contributed by atoms with Gasteiger partial charge in [-0.3, -0.25) is 4.90 Å². The first-order valence-electron chi connectivity index (χ1n) is 10.2. The minimum atomic E-state index is -0.214. The molecule has 3 aromatic rings. The van der Waals surface area contributed by atoms with Crippen molar-refractivity contribution < 1.29 is 9.53 Å². The fraction of sp³-hybridized carbons (Fsp3) is 0.381. The lowest BCUT2D eigenvalue weighted by Crippen LogP contribution is -2.49. The number of halogens is 1.